The first-order valence-electron chi connectivity index (χ1n) is 8.66. The van der Waals surface area contributed by atoms with Gasteiger partial charge >= 0.3 is 6.09 Å². The van der Waals surface area contributed by atoms with Gasteiger partial charge in [0.15, 0.2) is 0 Å². The van der Waals surface area contributed by atoms with Crippen molar-refractivity contribution in [1.29, 1.82) is 0 Å². The molecular weight excluding hydrogens is 304 g/mol. The van der Waals surface area contributed by atoms with Gasteiger partial charge in [0.05, 0.1) is 7.11 Å². The van der Waals surface area contributed by atoms with E-state index in [2.05, 4.69) is 24.4 Å². The molecule has 1 heterocycles. The van der Waals surface area contributed by atoms with Crippen LogP contribution in [0.5, 0.6) is 5.75 Å². The lowest BCUT2D eigenvalue weighted by molar-refractivity contribution is 0.0196. The number of methoxy groups -OCH3 is 1. The topological polar surface area (TPSA) is 50.8 Å². The lowest BCUT2D eigenvalue weighted by Gasteiger charge is -2.35. The number of benzene rings is 1. The van der Waals surface area contributed by atoms with Gasteiger partial charge in [0.25, 0.3) is 0 Å². The van der Waals surface area contributed by atoms with Crippen LogP contribution in [-0.2, 0) is 4.74 Å². The molecule has 5 heteroatoms. The lowest BCUT2D eigenvalue weighted by Crippen LogP contribution is -2.46. The van der Waals surface area contributed by atoms with Gasteiger partial charge in [0.2, 0.25) is 0 Å². The number of nitrogens with zero attached hydrogens (tertiary/aromatic N) is 1. The Kier molecular flexibility index (Phi) is 6.10. The fraction of sp³-hybridized carbons (Fsp3) is 0.632. The Morgan fingerprint density at radius 2 is 1.96 bits per heavy atom. The lowest BCUT2D eigenvalue weighted by atomic mass is 10.0. The highest BCUT2D eigenvalue weighted by Crippen LogP contribution is 2.22. The van der Waals surface area contributed by atoms with Crippen molar-refractivity contribution in [2.75, 3.05) is 20.2 Å². The van der Waals surface area contributed by atoms with Crippen molar-refractivity contribution in [3.8, 4) is 5.75 Å². The third kappa shape index (κ3) is 5.41. The molecular formula is C19H30N2O3. The Bertz CT molecular complexity index is 546. The van der Waals surface area contributed by atoms with E-state index < -0.39 is 5.60 Å². The zero-order valence-corrected chi connectivity index (χ0v) is 15.5. The average Bonchev–Trinajstić information content (AvgIpc) is 2.54. The summed E-state index contributed by atoms with van der Waals surface area (Å²) in [5.74, 6) is 0.876. The number of amides is 1. The Labute approximate surface area is 145 Å². The maximum atomic E-state index is 12.1. The molecule has 1 aliphatic heterocycles. The van der Waals surface area contributed by atoms with Crippen molar-refractivity contribution in [2.24, 2.45) is 0 Å². The molecule has 5 nitrogen and oxygen atoms in total. The molecule has 1 atom stereocenters. The fourth-order valence-corrected chi connectivity index (χ4v) is 2.92. The third-order valence-electron chi connectivity index (χ3n) is 4.23. The summed E-state index contributed by atoms with van der Waals surface area (Å²) in [6.45, 7) is 9.32. The van der Waals surface area contributed by atoms with Crippen LogP contribution in [0.4, 0.5) is 4.79 Å². The summed E-state index contributed by atoms with van der Waals surface area (Å²) < 4.78 is 10.7. The number of nitrogens with one attached hydrogen (secondary N) is 1. The van der Waals surface area contributed by atoms with Crippen LogP contribution in [0.2, 0.25) is 0 Å². The first-order valence-corrected chi connectivity index (χ1v) is 8.66. The molecule has 1 aromatic carbocycles. The van der Waals surface area contributed by atoms with Gasteiger partial charge in [-0.15, -0.1) is 0 Å². The predicted octanol–water partition coefficient (Wildman–Crippen LogP) is 3.75. The smallest absolute Gasteiger partial charge is 0.410 e. The van der Waals surface area contributed by atoms with Crippen LogP contribution < -0.4 is 10.1 Å². The molecule has 134 valence electrons. The van der Waals surface area contributed by atoms with Gasteiger partial charge in [-0.05, 0) is 58.2 Å². The normalized spacial score (nSPS) is 17.5. The van der Waals surface area contributed by atoms with Crippen LogP contribution in [0, 0.1) is 0 Å². The van der Waals surface area contributed by atoms with E-state index in [9.17, 15) is 4.79 Å². The summed E-state index contributed by atoms with van der Waals surface area (Å²) in [6.07, 6.45) is 1.67. The number of likely N-dealkylation sites (tertiary alicyclic amines) is 1. The van der Waals surface area contributed by atoms with Crippen molar-refractivity contribution in [2.45, 2.75) is 58.2 Å². The fourth-order valence-electron chi connectivity index (χ4n) is 2.92. The second-order valence-corrected chi connectivity index (χ2v) is 7.41. The van der Waals surface area contributed by atoms with Crippen molar-refractivity contribution < 1.29 is 14.3 Å². The maximum absolute atomic E-state index is 12.1. The minimum Gasteiger partial charge on any atom is -0.497 e. The number of carbonyl (C=O) groups is 1. The van der Waals surface area contributed by atoms with Crippen LogP contribution in [0.25, 0.3) is 0 Å². The van der Waals surface area contributed by atoms with Gasteiger partial charge in [0.1, 0.15) is 11.4 Å². The summed E-state index contributed by atoms with van der Waals surface area (Å²) in [5.41, 5.74) is 0.775. The molecule has 0 unspecified atom stereocenters. The third-order valence-corrected chi connectivity index (χ3v) is 4.23. The molecule has 24 heavy (non-hydrogen) atoms. The number of hydrogen-bond donors (Lipinski definition) is 1. The van der Waals surface area contributed by atoms with Crippen LogP contribution in [-0.4, -0.2) is 42.8 Å². The molecule has 0 spiro atoms. The van der Waals surface area contributed by atoms with E-state index in [1.54, 1.807) is 12.0 Å². The number of rotatable bonds is 4. The minimum absolute atomic E-state index is 0.207. The van der Waals surface area contributed by atoms with E-state index in [4.69, 9.17) is 9.47 Å². The summed E-state index contributed by atoms with van der Waals surface area (Å²) in [5, 5.41) is 3.66. The standard InChI is InChI=1S/C19H30N2O3/c1-14(15-7-6-8-17(13-15)23-5)20-16-9-11-21(12-10-16)18(22)24-19(2,3)4/h6-8,13-14,16,20H,9-12H2,1-5H3/t14-/m0/s1. The second kappa shape index (κ2) is 7.88. The molecule has 0 saturated carbocycles. The Morgan fingerprint density at radius 1 is 1.29 bits per heavy atom. The first kappa shape index (κ1) is 18.6. The number of carbonyl (C=O) groups excluding carboxylic acids is 1. The Morgan fingerprint density at radius 3 is 2.54 bits per heavy atom. The highest BCUT2D eigenvalue weighted by atomic mass is 16.6. The van der Waals surface area contributed by atoms with Crippen LogP contribution in [0.1, 0.15) is 52.1 Å². The quantitative estimate of drug-likeness (QED) is 0.911. The van der Waals surface area contributed by atoms with E-state index in [0.29, 0.717) is 6.04 Å². The molecule has 0 radical (unpaired) electrons. The van der Waals surface area contributed by atoms with E-state index in [0.717, 1.165) is 31.7 Å². The summed E-state index contributed by atoms with van der Waals surface area (Å²) in [4.78, 5) is 13.9. The van der Waals surface area contributed by atoms with Crippen LogP contribution in [0.15, 0.2) is 24.3 Å². The van der Waals surface area contributed by atoms with Gasteiger partial charge < -0.3 is 19.7 Å². The molecule has 1 saturated heterocycles. The number of hydrogen-bond acceptors (Lipinski definition) is 4. The monoisotopic (exact) mass is 334 g/mol. The molecule has 0 aromatic heterocycles. The summed E-state index contributed by atoms with van der Waals surface area (Å²) >= 11 is 0. The maximum Gasteiger partial charge on any atom is 0.410 e. The van der Waals surface area contributed by atoms with Crippen LogP contribution in [0.3, 0.4) is 0 Å². The molecule has 2 rings (SSSR count). The average molecular weight is 334 g/mol. The van der Waals surface area contributed by atoms with Crippen molar-refractivity contribution in [1.82, 2.24) is 10.2 Å². The van der Waals surface area contributed by atoms with E-state index in [1.807, 2.05) is 32.9 Å². The van der Waals surface area contributed by atoms with Gasteiger partial charge in [0, 0.05) is 25.2 Å². The zero-order valence-electron chi connectivity index (χ0n) is 15.5. The molecule has 1 amide bonds. The molecule has 1 aromatic rings. The zero-order chi connectivity index (χ0) is 17.7. The SMILES string of the molecule is COc1cccc([C@H](C)NC2CCN(C(=O)OC(C)(C)C)CC2)c1. The van der Waals surface area contributed by atoms with E-state index in [-0.39, 0.29) is 12.1 Å². The predicted molar refractivity (Wildman–Crippen MR) is 95.4 cm³/mol. The largest absolute Gasteiger partial charge is 0.497 e. The van der Waals surface area contributed by atoms with E-state index >= 15 is 0 Å². The van der Waals surface area contributed by atoms with Gasteiger partial charge in [-0.25, -0.2) is 4.79 Å². The van der Waals surface area contributed by atoms with Crippen LogP contribution >= 0.6 is 0 Å². The first-order chi connectivity index (χ1) is 11.3. The number of piperidine rings is 1. The highest BCUT2D eigenvalue weighted by Gasteiger charge is 2.27. The van der Waals surface area contributed by atoms with Crippen molar-refractivity contribution >= 4 is 6.09 Å². The molecule has 0 aliphatic carbocycles. The van der Waals surface area contributed by atoms with Crippen molar-refractivity contribution in [3.63, 3.8) is 0 Å². The van der Waals surface area contributed by atoms with Crippen molar-refractivity contribution in [3.05, 3.63) is 29.8 Å². The molecule has 0 bridgehead atoms. The Balaban J connectivity index is 1.83. The second-order valence-electron chi connectivity index (χ2n) is 7.41. The van der Waals surface area contributed by atoms with E-state index in [1.165, 1.54) is 5.56 Å². The minimum atomic E-state index is -0.437. The highest BCUT2D eigenvalue weighted by molar-refractivity contribution is 5.68. The number of ether oxygens (including phenoxy) is 2. The Hall–Kier alpha value is -1.75. The van der Waals surface area contributed by atoms with Gasteiger partial charge in [-0.2, -0.15) is 0 Å². The molecule has 1 aliphatic rings. The summed E-state index contributed by atoms with van der Waals surface area (Å²) in [6, 6.07) is 8.79. The molecule has 1 N–H and O–H groups in total. The van der Waals surface area contributed by atoms with Gasteiger partial charge in [-0.3, -0.25) is 0 Å². The summed E-state index contributed by atoms with van der Waals surface area (Å²) in [7, 11) is 1.68. The molecule has 1 fully saturated rings. The van der Waals surface area contributed by atoms with Gasteiger partial charge in [-0.1, -0.05) is 12.1 Å².